The second kappa shape index (κ2) is 10.8. The van der Waals surface area contributed by atoms with Crippen molar-refractivity contribution in [3.8, 4) is 24.7 Å². The molecule has 0 aliphatic rings. The normalized spacial score (nSPS) is 9.88. The van der Waals surface area contributed by atoms with Gasteiger partial charge in [0.2, 0.25) is 0 Å². The predicted octanol–water partition coefficient (Wildman–Crippen LogP) is 4.11. The smallest absolute Gasteiger partial charge is 0.258 e. The number of nitrogens with one attached hydrogen (secondary N) is 3. The van der Waals surface area contributed by atoms with Crippen molar-refractivity contribution < 1.29 is 9.59 Å². The fourth-order valence-electron chi connectivity index (χ4n) is 2.96. The van der Waals surface area contributed by atoms with Gasteiger partial charge in [0.25, 0.3) is 11.8 Å². The second-order valence-electron chi connectivity index (χ2n) is 7.16. The highest BCUT2D eigenvalue weighted by Gasteiger charge is 2.16. The summed E-state index contributed by atoms with van der Waals surface area (Å²) in [5, 5.41) is 13.9. The number of terminal acetylenes is 2. The van der Waals surface area contributed by atoms with E-state index in [2.05, 4.69) is 27.5 Å². The minimum absolute atomic E-state index is 0.165. The van der Waals surface area contributed by atoms with Gasteiger partial charge in [-0.2, -0.15) is 0 Å². The first-order valence-corrected chi connectivity index (χ1v) is 10.4. The van der Waals surface area contributed by atoms with E-state index in [9.17, 15) is 9.59 Å². The highest BCUT2D eigenvalue weighted by Crippen LogP contribution is 2.23. The molecule has 0 fully saturated rings. The van der Waals surface area contributed by atoms with E-state index in [0.29, 0.717) is 34.1 Å². The van der Waals surface area contributed by atoms with Gasteiger partial charge < -0.3 is 15.5 Å². The third kappa shape index (κ3) is 5.80. The zero-order chi connectivity index (χ0) is 24.7. The molecule has 3 rings (SSSR count). The monoisotopic (exact) mass is 469 g/mol. The van der Waals surface area contributed by atoms with E-state index in [1.54, 1.807) is 60.5 Å². The lowest BCUT2D eigenvalue weighted by Crippen LogP contribution is -2.27. The van der Waals surface area contributed by atoms with Crippen LogP contribution in [0.15, 0.2) is 60.8 Å². The lowest BCUT2D eigenvalue weighted by Gasteiger charge is -2.17. The van der Waals surface area contributed by atoms with E-state index < -0.39 is 11.8 Å². The third-order valence-corrected chi connectivity index (χ3v) is 5.01. The number of amides is 2. The minimum Gasteiger partial charge on any atom is -0.349 e. The van der Waals surface area contributed by atoms with Crippen LogP contribution in [0.5, 0.6) is 0 Å². The van der Waals surface area contributed by atoms with Gasteiger partial charge in [-0.15, -0.1) is 12.8 Å². The van der Waals surface area contributed by atoms with Gasteiger partial charge >= 0.3 is 0 Å². The molecule has 7 nitrogen and oxygen atoms in total. The number of benzene rings is 2. The molecule has 0 saturated carbocycles. The molecule has 0 aliphatic carbocycles. The predicted molar refractivity (Wildman–Crippen MR) is 134 cm³/mol. The number of rotatable bonds is 6. The lowest BCUT2D eigenvalue weighted by molar-refractivity contribution is 0.102. The molecule has 8 heteroatoms. The van der Waals surface area contributed by atoms with E-state index in [1.807, 2.05) is 0 Å². The highest BCUT2D eigenvalue weighted by atomic mass is 35.5. The summed E-state index contributed by atoms with van der Waals surface area (Å²) < 4.78 is 0. The van der Waals surface area contributed by atoms with Crippen LogP contribution in [0.25, 0.3) is 0 Å². The third-order valence-electron chi connectivity index (χ3n) is 4.78. The molecule has 34 heavy (non-hydrogen) atoms. The molecule has 0 atom stereocenters. The van der Waals surface area contributed by atoms with Crippen molar-refractivity contribution in [3.63, 3.8) is 0 Å². The molecule has 0 bridgehead atoms. The van der Waals surface area contributed by atoms with Crippen LogP contribution in [-0.4, -0.2) is 41.1 Å². The number of aromatic nitrogens is 1. The van der Waals surface area contributed by atoms with Gasteiger partial charge in [-0.1, -0.05) is 35.6 Å². The van der Waals surface area contributed by atoms with Crippen molar-refractivity contribution in [1.29, 1.82) is 5.41 Å². The second-order valence-corrected chi connectivity index (χ2v) is 7.60. The Kier molecular flexibility index (Phi) is 7.66. The van der Waals surface area contributed by atoms with Crippen LogP contribution in [0, 0.1) is 30.1 Å². The maximum atomic E-state index is 12.9. The Morgan fingerprint density at radius 2 is 1.74 bits per heavy atom. The standard InChI is InChI=1S/C26H20ClN5O2/c1-4-14-32(3)24(28)18-7-9-19(10-8-18)25(33)30-22-12-11-20(27)15-21(22)26(34)31-23-13-6-17(5-2)16-29-23/h1-2,6-13,15-16,28H,14H2,3H3,(H,30,33)(H,29,31,34). The molecule has 0 radical (unpaired) electrons. The summed E-state index contributed by atoms with van der Waals surface area (Å²) in [5.41, 5.74) is 1.99. The maximum Gasteiger partial charge on any atom is 0.258 e. The van der Waals surface area contributed by atoms with Crippen molar-refractivity contribution in [2.24, 2.45) is 0 Å². The van der Waals surface area contributed by atoms with Crippen LogP contribution in [-0.2, 0) is 0 Å². The van der Waals surface area contributed by atoms with Gasteiger partial charge in [-0.25, -0.2) is 4.98 Å². The summed E-state index contributed by atoms with van der Waals surface area (Å²) in [7, 11) is 1.72. The number of carbonyl (C=O) groups is 2. The molecule has 1 heterocycles. The number of halogens is 1. The molecule has 0 aliphatic heterocycles. The van der Waals surface area contributed by atoms with Gasteiger partial charge in [0.15, 0.2) is 0 Å². The van der Waals surface area contributed by atoms with Crippen LogP contribution in [0.3, 0.4) is 0 Å². The number of pyridine rings is 1. The van der Waals surface area contributed by atoms with Gasteiger partial charge in [0.05, 0.1) is 17.8 Å². The molecule has 2 aromatic carbocycles. The van der Waals surface area contributed by atoms with Crippen molar-refractivity contribution in [1.82, 2.24) is 9.88 Å². The fourth-order valence-corrected chi connectivity index (χ4v) is 3.13. The van der Waals surface area contributed by atoms with E-state index in [0.717, 1.165) is 0 Å². The van der Waals surface area contributed by atoms with Gasteiger partial charge in [-0.05, 0) is 42.5 Å². The van der Waals surface area contributed by atoms with Gasteiger partial charge in [-0.3, -0.25) is 15.0 Å². The quantitative estimate of drug-likeness (QED) is 0.287. The summed E-state index contributed by atoms with van der Waals surface area (Å²) in [4.78, 5) is 31.4. The summed E-state index contributed by atoms with van der Waals surface area (Å²) in [6.45, 7) is 0.298. The number of amidine groups is 1. The minimum atomic E-state index is -0.501. The zero-order valence-electron chi connectivity index (χ0n) is 18.2. The van der Waals surface area contributed by atoms with E-state index >= 15 is 0 Å². The molecular formula is C26H20ClN5O2. The number of carbonyl (C=O) groups excluding carboxylic acids is 2. The Labute approximate surface area is 202 Å². The Balaban J connectivity index is 1.77. The Morgan fingerprint density at radius 1 is 1.03 bits per heavy atom. The summed E-state index contributed by atoms with van der Waals surface area (Å²) in [5.74, 6) is 4.54. The zero-order valence-corrected chi connectivity index (χ0v) is 19.0. The van der Waals surface area contributed by atoms with E-state index in [-0.39, 0.29) is 17.1 Å². The van der Waals surface area contributed by atoms with Crippen molar-refractivity contribution >= 4 is 40.8 Å². The van der Waals surface area contributed by atoms with Crippen LogP contribution < -0.4 is 10.6 Å². The first-order valence-electron chi connectivity index (χ1n) is 10.0. The SMILES string of the molecule is C#CCN(C)C(=N)c1ccc(C(=O)Nc2ccc(Cl)cc2C(=O)Nc2ccc(C#C)cn2)cc1. The van der Waals surface area contributed by atoms with Crippen molar-refractivity contribution in [3.05, 3.63) is 88.1 Å². The number of hydrogen-bond acceptors (Lipinski definition) is 4. The molecule has 0 spiro atoms. The van der Waals surface area contributed by atoms with Crippen LogP contribution in [0.4, 0.5) is 11.5 Å². The molecule has 2 amide bonds. The topological polar surface area (TPSA) is 98.2 Å². The van der Waals surface area contributed by atoms with Crippen molar-refractivity contribution in [2.75, 3.05) is 24.2 Å². The van der Waals surface area contributed by atoms with Gasteiger partial charge in [0, 0.05) is 35.0 Å². The number of anilines is 2. The first-order chi connectivity index (χ1) is 16.3. The average Bonchev–Trinajstić information content (AvgIpc) is 2.85. The summed E-state index contributed by atoms with van der Waals surface area (Å²) in [6, 6.07) is 14.3. The highest BCUT2D eigenvalue weighted by molar-refractivity contribution is 6.31. The van der Waals surface area contributed by atoms with Crippen LogP contribution in [0.1, 0.15) is 31.8 Å². The Bertz CT molecular complexity index is 1320. The molecule has 3 aromatic rings. The molecule has 0 saturated heterocycles. The number of hydrogen-bond donors (Lipinski definition) is 3. The largest absolute Gasteiger partial charge is 0.349 e. The van der Waals surface area contributed by atoms with E-state index in [4.69, 9.17) is 29.9 Å². The Morgan fingerprint density at radius 3 is 2.35 bits per heavy atom. The Hall–Kier alpha value is -4.59. The molecule has 168 valence electrons. The van der Waals surface area contributed by atoms with Crippen molar-refractivity contribution in [2.45, 2.75) is 0 Å². The first kappa shape index (κ1) is 24.1. The number of nitrogens with zero attached hydrogens (tertiary/aromatic N) is 2. The van der Waals surface area contributed by atoms with Crippen LogP contribution in [0.2, 0.25) is 5.02 Å². The summed E-state index contributed by atoms with van der Waals surface area (Å²) >= 11 is 6.09. The van der Waals surface area contributed by atoms with E-state index in [1.165, 1.54) is 12.3 Å². The lowest BCUT2D eigenvalue weighted by atomic mass is 10.1. The maximum absolute atomic E-state index is 12.9. The average molecular weight is 470 g/mol. The summed E-state index contributed by atoms with van der Waals surface area (Å²) in [6.07, 6.45) is 12.1. The molecule has 3 N–H and O–H groups in total. The molecule has 1 aromatic heterocycles. The fraction of sp³-hybridized carbons (Fsp3) is 0.0769. The van der Waals surface area contributed by atoms with Gasteiger partial charge in [0.1, 0.15) is 11.7 Å². The molecular weight excluding hydrogens is 450 g/mol. The molecule has 0 unspecified atom stereocenters. The van der Waals surface area contributed by atoms with Crippen LogP contribution >= 0.6 is 11.6 Å².